The summed E-state index contributed by atoms with van der Waals surface area (Å²) in [7, 11) is 2.04. The smallest absolute Gasteiger partial charge is 0.233 e. The summed E-state index contributed by atoms with van der Waals surface area (Å²) in [5, 5.41) is 0. The van der Waals surface area contributed by atoms with Crippen molar-refractivity contribution in [1.82, 2.24) is 15.3 Å². The second kappa shape index (κ2) is 6.57. The van der Waals surface area contributed by atoms with E-state index in [1.54, 1.807) is 11.3 Å². The molecule has 16 heavy (non-hydrogen) atoms. The molecule has 6 heteroatoms. The molecule has 0 saturated carbocycles. The Hall–Kier alpha value is -0.980. The zero-order valence-electron chi connectivity index (χ0n) is 9.69. The minimum Gasteiger partial charge on any atom is -0.301 e. The van der Waals surface area contributed by atoms with Crippen molar-refractivity contribution in [3.8, 4) is 0 Å². The summed E-state index contributed by atoms with van der Waals surface area (Å²) in [6.45, 7) is 3.78. The van der Waals surface area contributed by atoms with E-state index in [4.69, 9.17) is 5.84 Å². The Morgan fingerprint density at radius 1 is 1.69 bits per heavy atom. The monoisotopic (exact) mass is 242 g/mol. The highest BCUT2D eigenvalue weighted by Gasteiger charge is 2.06. The van der Waals surface area contributed by atoms with E-state index in [0.29, 0.717) is 6.42 Å². The highest BCUT2D eigenvalue weighted by molar-refractivity contribution is 7.09. The van der Waals surface area contributed by atoms with Crippen molar-refractivity contribution in [3.05, 3.63) is 16.1 Å². The van der Waals surface area contributed by atoms with E-state index in [0.717, 1.165) is 25.2 Å². The number of amides is 1. The number of carbonyl (C=O) groups excluding carboxylic acids is 1. The Kier molecular flexibility index (Phi) is 5.37. The van der Waals surface area contributed by atoms with Gasteiger partial charge in [0.05, 0.1) is 11.2 Å². The van der Waals surface area contributed by atoms with Crippen LogP contribution in [0.1, 0.15) is 23.4 Å². The van der Waals surface area contributed by atoms with Gasteiger partial charge in [0.2, 0.25) is 5.91 Å². The number of hydrogen-bond acceptors (Lipinski definition) is 5. The van der Waals surface area contributed by atoms with Crippen molar-refractivity contribution >= 4 is 17.2 Å². The average Bonchev–Trinajstić information content (AvgIpc) is 2.64. The van der Waals surface area contributed by atoms with Gasteiger partial charge >= 0.3 is 0 Å². The molecule has 1 aromatic heterocycles. The lowest BCUT2D eigenvalue weighted by molar-refractivity contribution is -0.121. The Morgan fingerprint density at radius 3 is 3.00 bits per heavy atom. The predicted octanol–water partition coefficient (Wildman–Crippen LogP) is 0.653. The van der Waals surface area contributed by atoms with Crippen LogP contribution in [0.3, 0.4) is 0 Å². The number of carbonyl (C=O) groups is 1. The maximum absolute atomic E-state index is 10.9. The van der Waals surface area contributed by atoms with E-state index in [2.05, 4.69) is 15.3 Å². The van der Waals surface area contributed by atoms with Crippen molar-refractivity contribution in [2.24, 2.45) is 5.84 Å². The molecule has 0 aliphatic rings. The molecule has 1 rings (SSSR count). The van der Waals surface area contributed by atoms with Gasteiger partial charge in [-0.15, -0.1) is 11.3 Å². The number of rotatable bonds is 6. The first-order valence-corrected chi connectivity index (χ1v) is 6.08. The van der Waals surface area contributed by atoms with Crippen LogP contribution in [0.5, 0.6) is 0 Å². The topological polar surface area (TPSA) is 71.2 Å². The van der Waals surface area contributed by atoms with E-state index in [-0.39, 0.29) is 5.91 Å². The van der Waals surface area contributed by atoms with Gasteiger partial charge in [0.1, 0.15) is 0 Å². The molecule has 0 saturated heterocycles. The molecule has 0 bridgehead atoms. The second-order valence-corrected chi connectivity index (χ2v) is 4.71. The van der Waals surface area contributed by atoms with Crippen LogP contribution < -0.4 is 11.3 Å². The van der Waals surface area contributed by atoms with Crippen LogP contribution in [-0.4, -0.2) is 29.4 Å². The average molecular weight is 242 g/mol. The largest absolute Gasteiger partial charge is 0.301 e. The van der Waals surface area contributed by atoms with Gasteiger partial charge in [-0.3, -0.25) is 10.2 Å². The highest BCUT2D eigenvalue weighted by Crippen LogP contribution is 2.14. The van der Waals surface area contributed by atoms with E-state index >= 15 is 0 Å². The molecule has 0 unspecified atom stereocenters. The van der Waals surface area contributed by atoms with Crippen LogP contribution in [0, 0.1) is 6.92 Å². The molecule has 0 aliphatic carbocycles. The van der Waals surface area contributed by atoms with Gasteiger partial charge in [-0.25, -0.2) is 10.8 Å². The van der Waals surface area contributed by atoms with Crippen LogP contribution in [0.4, 0.5) is 0 Å². The van der Waals surface area contributed by atoms with Gasteiger partial charge in [0.25, 0.3) is 0 Å². The number of nitrogens with two attached hydrogens (primary N) is 1. The Morgan fingerprint density at radius 2 is 2.44 bits per heavy atom. The van der Waals surface area contributed by atoms with Crippen LogP contribution in [0.25, 0.3) is 0 Å². The lowest BCUT2D eigenvalue weighted by Gasteiger charge is -2.15. The molecule has 0 fully saturated rings. The number of aryl methyl sites for hydroxylation is 1. The third-order valence-electron chi connectivity index (χ3n) is 2.36. The molecule has 1 amide bonds. The van der Waals surface area contributed by atoms with Gasteiger partial charge in [-0.05, 0) is 26.9 Å². The molecule has 0 spiro atoms. The molecule has 3 N–H and O–H groups in total. The molecule has 0 radical (unpaired) electrons. The normalized spacial score (nSPS) is 10.8. The Bertz CT molecular complexity index is 339. The summed E-state index contributed by atoms with van der Waals surface area (Å²) < 4.78 is 0. The quantitative estimate of drug-likeness (QED) is 0.436. The molecule has 90 valence electrons. The summed E-state index contributed by atoms with van der Waals surface area (Å²) >= 11 is 1.67. The third kappa shape index (κ3) is 4.26. The van der Waals surface area contributed by atoms with E-state index in [1.807, 2.05) is 19.5 Å². The summed E-state index contributed by atoms with van der Waals surface area (Å²) in [5.41, 5.74) is 5.08. The van der Waals surface area contributed by atoms with E-state index in [1.165, 1.54) is 4.88 Å². The first kappa shape index (κ1) is 13.1. The van der Waals surface area contributed by atoms with Gasteiger partial charge < -0.3 is 4.90 Å². The molecule has 0 atom stereocenters. The molecule has 5 nitrogen and oxygen atoms in total. The van der Waals surface area contributed by atoms with Crippen molar-refractivity contribution in [1.29, 1.82) is 0 Å². The summed E-state index contributed by atoms with van der Waals surface area (Å²) in [6.07, 6.45) is 1.29. The Balaban J connectivity index is 2.24. The van der Waals surface area contributed by atoms with Gasteiger partial charge in [0.15, 0.2) is 0 Å². The van der Waals surface area contributed by atoms with E-state index < -0.39 is 0 Å². The number of nitrogens with zero attached hydrogens (tertiary/aromatic N) is 2. The predicted molar refractivity (Wildman–Crippen MR) is 64.7 cm³/mol. The van der Waals surface area contributed by atoms with Crippen molar-refractivity contribution in [2.45, 2.75) is 26.3 Å². The van der Waals surface area contributed by atoms with Crippen LogP contribution in [-0.2, 0) is 11.3 Å². The Labute approximate surface area is 99.6 Å². The maximum Gasteiger partial charge on any atom is 0.233 e. The van der Waals surface area contributed by atoms with Crippen molar-refractivity contribution in [3.63, 3.8) is 0 Å². The summed E-state index contributed by atoms with van der Waals surface area (Å²) in [5.74, 6) is 4.89. The fraction of sp³-hybridized carbons (Fsp3) is 0.600. The number of hydrogen-bond donors (Lipinski definition) is 2. The molecule has 1 aromatic rings. The highest BCUT2D eigenvalue weighted by atomic mass is 32.1. The number of thiazole rings is 1. The maximum atomic E-state index is 10.9. The summed E-state index contributed by atoms with van der Waals surface area (Å²) in [4.78, 5) is 18.6. The van der Waals surface area contributed by atoms with Gasteiger partial charge in [-0.1, -0.05) is 0 Å². The first-order valence-electron chi connectivity index (χ1n) is 5.20. The zero-order valence-corrected chi connectivity index (χ0v) is 10.5. The molecule has 1 heterocycles. The minimum atomic E-state index is -0.109. The molecule has 0 aliphatic heterocycles. The zero-order chi connectivity index (χ0) is 12.0. The van der Waals surface area contributed by atoms with Crippen LogP contribution in [0.15, 0.2) is 5.51 Å². The van der Waals surface area contributed by atoms with E-state index in [9.17, 15) is 4.79 Å². The van der Waals surface area contributed by atoms with Crippen molar-refractivity contribution < 1.29 is 4.79 Å². The lowest BCUT2D eigenvalue weighted by Crippen LogP contribution is -2.30. The van der Waals surface area contributed by atoms with Crippen LogP contribution >= 0.6 is 11.3 Å². The van der Waals surface area contributed by atoms with Crippen molar-refractivity contribution in [2.75, 3.05) is 13.6 Å². The first-order chi connectivity index (χ1) is 7.63. The third-order valence-corrected chi connectivity index (χ3v) is 3.28. The number of hydrazine groups is 1. The molecular weight excluding hydrogens is 224 g/mol. The SMILES string of the molecule is Cc1ncsc1CN(C)CCCC(=O)NN. The number of aromatic nitrogens is 1. The standard InChI is InChI=1S/C10H18N4OS/c1-8-9(16-7-12-8)6-14(2)5-3-4-10(15)13-11/h7H,3-6,11H2,1-2H3,(H,13,15). The lowest BCUT2D eigenvalue weighted by atomic mass is 10.3. The summed E-state index contributed by atoms with van der Waals surface area (Å²) in [6, 6.07) is 0. The second-order valence-electron chi connectivity index (χ2n) is 3.77. The fourth-order valence-electron chi connectivity index (χ4n) is 1.38. The van der Waals surface area contributed by atoms with Gasteiger partial charge in [0, 0.05) is 17.8 Å². The minimum absolute atomic E-state index is 0.109. The van der Waals surface area contributed by atoms with Gasteiger partial charge in [-0.2, -0.15) is 0 Å². The molecule has 0 aromatic carbocycles. The molecular formula is C10H18N4OS. The fourth-order valence-corrected chi connectivity index (χ4v) is 2.24. The van der Waals surface area contributed by atoms with Crippen LogP contribution in [0.2, 0.25) is 0 Å². The number of nitrogens with one attached hydrogen (secondary N) is 1.